The van der Waals surface area contributed by atoms with Crippen LogP contribution in [0.1, 0.15) is 45.2 Å². The predicted molar refractivity (Wildman–Crippen MR) is 158 cm³/mol. The average Bonchev–Trinajstić information content (AvgIpc) is 2.95. The Bertz CT molecular complexity index is 1360. The Kier molecular flexibility index (Phi) is 10.7. The van der Waals surface area contributed by atoms with Crippen LogP contribution in [0.2, 0.25) is 0 Å². The van der Waals surface area contributed by atoms with Crippen LogP contribution in [0.4, 0.5) is 5.69 Å². The highest BCUT2D eigenvalue weighted by Gasteiger charge is 2.32. The molecule has 3 rings (SSSR count). The quantitative estimate of drug-likeness (QED) is 0.317. The minimum absolute atomic E-state index is 0.0640. The lowest BCUT2D eigenvalue weighted by atomic mass is 10.1. The maximum absolute atomic E-state index is 13.9. The molecule has 0 unspecified atom stereocenters. The van der Waals surface area contributed by atoms with Gasteiger partial charge in [0.05, 0.1) is 17.2 Å². The fourth-order valence-corrected chi connectivity index (χ4v) is 5.48. The van der Waals surface area contributed by atoms with E-state index in [1.54, 1.807) is 43.3 Å². The zero-order valence-electron chi connectivity index (χ0n) is 23.8. The lowest BCUT2D eigenvalue weighted by molar-refractivity contribution is -0.139. The van der Waals surface area contributed by atoms with Crippen molar-refractivity contribution < 1.29 is 22.7 Å². The smallest absolute Gasteiger partial charge is 0.264 e. The molecule has 0 saturated carbocycles. The summed E-state index contributed by atoms with van der Waals surface area (Å²) in [7, 11) is -4.12. The number of sulfonamides is 1. The molecule has 0 fully saturated rings. The van der Waals surface area contributed by atoms with E-state index in [1.165, 1.54) is 17.0 Å². The maximum Gasteiger partial charge on any atom is 0.264 e. The first kappa shape index (κ1) is 30.7. The van der Waals surface area contributed by atoms with Gasteiger partial charge in [0.15, 0.2) is 0 Å². The summed E-state index contributed by atoms with van der Waals surface area (Å²) in [5.41, 5.74) is 2.06. The fourth-order valence-electron chi connectivity index (χ4n) is 4.07. The highest BCUT2D eigenvalue weighted by molar-refractivity contribution is 7.92. The molecule has 0 spiro atoms. The van der Waals surface area contributed by atoms with E-state index in [-0.39, 0.29) is 23.4 Å². The Morgan fingerprint density at radius 2 is 1.52 bits per heavy atom. The molecule has 0 aliphatic rings. The number of aryl methyl sites for hydroxylation is 1. The SMILES string of the molecule is CCOc1ccc(N(CC(=O)N(Cc2ccccc2)[C@H](C)C(=O)N[C@H](C)CC)S(=O)(=O)c2ccc(C)cc2)cc1. The molecular formula is C31H39N3O5S. The number of nitrogens with zero attached hydrogens (tertiary/aromatic N) is 2. The topological polar surface area (TPSA) is 96.0 Å². The van der Waals surface area contributed by atoms with Crippen LogP contribution in [0.25, 0.3) is 0 Å². The molecule has 3 aromatic rings. The van der Waals surface area contributed by atoms with Gasteiger partial charge < -0.3 is 15.0 Å². The minimum Gasteiger partial charge on any atom is -0.494 e. The molecule has 1 N–H and O–H groups in total. The van der Waals surface area contributed by atoms with Crippen LogP contribution in [0.3, 0.4) is 0 Å². The number of rotatable bonds is 13. The zero-order valence-corrected chi connectivity index (χ0v) is 24.6. The fraction of sp³-hybridized carbons (Fsp3) is 0.355. The molecule has 0 aromatic heterocycles. The van der Waals surface area contributed by atoms with Gasteiger partial charge >= 0.3 is 0 Å². The second-order valence-electron chi connectivity index (χ2n) is 9.75. The Morgan fingerprint density at radius 3 is 2.10 bits per heavy atom. The van der Waals surface area contributed by atoms with E-state index in [4.69, 9.17) is 4.74 Å². The summed E-state index contributed by atoms with van der Waals surface area (Å²) >= 11 is 0. The number of ether oxygens (including phenoxy) is 1. The molecule has 214 valence electrons. The van der Waals surface area contributed by atoms with Crippen molar-refractivity contribution in [3.63, 3.8) is 0 Å². The van der Waals surface area contributed by atoms with Gasteiger partial charge in [-0.05, 0) is 76.1 Å². The summed E-state index contributed by atoms with van der Waals surface area (Å²) in [5.74, 6) is -0.209. The van der Waals surface area contributed by atoms with Crippen LogP contribution in [0, 0.1) is 6.92 Å². The molecule has 0 aliphatic heterocycles. The minimum atomic E-state index is -4.12. The standard InChI is InChI=1S/C31H39N3O5S/c1-6-24(4)32-31(36)25(5)33(21-26-11-9-8-10-12-26)30(35)22-34(27-15-17-28(18-16-27)39-7-2)40(37,38)29-19-13-23(3)14-20-29/h8-20,24-25H,6-7,21-22H2,1-5H3,(H,32,36)/t24-,25-/m1/s1. The third-order valence-electron chi connectivity index (χ3n) is 6.69. The molecule has 0 bridgehead atoms. The van der Waals surface area contributed by atoms with Gasteiger partial charge in [-0.3, -0.25) is 13.9 Å². The Labute approximate surface area is 238 Å². The van der Waals surface area contributed by atoms with Crippen molar-refractivity contribution in [3.05, 3.63) is 90.0 Å². The molecule has 8 nitrogen and oxygen atoms in total. The Hall–Kier alpha value is -3.85. The molecule has 0 aliphatic carbocycles. The van der Waals surface area contributed by atoms with Gasteiger partial charge in [-0.15, -0.1) is 0 Å². The van der Waals surface area contributed by atoms with Gasteiger partial charge in [-0.2, -0.15) is 0 Å². The number of benzene rings is 3. The van der Waals surface area contributed by atoms with Gasteiger partial charge in [0.25, 0.3) is 10.0 Å². The number of carbonyl (C=O) groups excluding carboxylic acids is 2. The normalized spacial score (nSPS) is 12.7. The molecule has 3 aromatic carbocycles. The van der Waals surface area contributed by atoms with Crippen LogP contribution >= 0.6 is 0 Å². The van der Waals surface area contributed by atoms with E-state index >= 15 is 0 Å². The summed E-state index contributed by atoms with van der Waals surface area (Å²) in [5, 5.41) is 2.94. The van der Waals surface area contributed by atoms with Crippen LogP contribution in [-0.2, 0) is 26.2 Å². The van der Waals surface area contributed by atoms with Crippen LogP contribution < -0.4 is 14.4 Å². The van der Waals surface area contributed by atoms with Crippen molar-refractivity contribution in [1.82, 2.24) is 10.2 Å². The molecule has 40 heavy (non-hydrogen) atoms. The first-order chi connectivity index (χ1) is 19.1. The third-order valence-corrected chi connectivity index (χ3v) is 8.48. The number of anilines is 1. The monoisotopic (exact) mass is 565 g/mol. The van der Waals surface area contributed by atoms with E-state index in [2.05, 4.69) is 5.32 Å². The lowest BCUT2D eigenvalue weighted by Gasteiger charge is -2.32. The first-order valence-electron chi connectivity index (χ1n) is 13.5. The molecule has 2 amide bonds. The van der Waals surface area contributed by atoms with Crippen LogP contribution in [0.15, 0.2) is 83.8 Å². The van der Waals surface area contributed by atoms with E-state index in [9.17, 15) is 18.0 Å². The van der Waals surface area contributed by atoms with Crippen molar-refractivity contribution in [2.45, 2.75) is 64.6 Å². The molecule has 0 saturated heterocycles. The highest BCUT2D eigenvalue weighted by Crippen LogP contribution is 2.27. The second kappa shape index (κ2) is 14.0. The largest absolute Gasteiger partial charge is 0.494 e. The third kappa shape index (κ3) is 7.85. The van der Waals surface area contributed by atoms with Gasteiger partial charge in [0.1, 0.15) is 18.3 Å². The molecule has 9 heteroatoms. The molecule has 0 radical (unpaired) electrons. The average molecular weight is 566 g/mol. The first-order valence-corrected chi connectivity index (χ1v) is 15.0. The molecule has 0 heterocycles. The van der Waals surface area contributed by atoms with Gasteiger partial charge in [-0.25, -0.2) is 8.42 Å². The summed E-state index contributed by atoms with van der Waals surface area (Å²) in [6, 6.07) is 21.5. The summed E-state index contributed by atoms with van der Waals surface area (Å²) < 4.78 is 34.4. The van der Waals surface area contributed by atoms with Gasteiger partial charge in [-0.1, -0.05) is 55.0 Å². The zero-order chi connectivity index (χ0) is 29.3. The van der Waals surface area contributed by atoms with Crippen molar-refractivity contribution in [2.24, 2.45) is 0 Å². The maximum atomic E-state index is 13.9. The predicted octanol–water partition coefficient (Wildman–Crippen LogP) is 4.92. The number of hydrogen-bond acceptors (Lipinski definition) is 5. The lowest BCUT2D eigenvalue weighted by Crippen LogP contribution is -2.52. The number of hydrogen-bond donors (Lipinski definition) is 1. The van der Waals surface area contributed by atoms with Crippen LogP contribution in [0.5, 0.6) is 5.75 Å². The molecular weight excluding hydrogens is 526 g/mol. The second-order valence-corrected chi connectivity index (χ2v) is 11.6. The summed E-state index contributed by atoms with van der Waals surface area (Å²) in [6.45, 7) is 9.39. The number of carbonyl (C=O) groups is 2. The molecule has 2 atom stereocenters. The van der Waals surface area contributed by atoms with E-state index in [1.807, 2.05) is 58.0 Å². The van der Waals surface area contributed by atoms with E-state index in [0.717, 1.165) is 21.9 Å². The number of nitrogens with one attached hydrogen (secondary N) is 1. The van der Waals surface area contributed by atoms with Gasteiger partial charge in [0, 0.05) is 12.6 Å². The van der Waals surface area contributed by atoms with Gasteiger partial charge in [0.2, 0.25) is 11.8 Å². The summed E-state index contributed by atoms with van der Waals surface area (Å²) in [4.78, 5) is 28.5. The van der Waals surface area contributed by atoms with Crippen LogP contribution in [-0.4, -0.2) is 50.4 Å². The highest BCUT2D eigenvalue weighted by atomic mass is 32.2. The van der Waals surface area contributed by atoms with Crippen molar-refractivity contribution >= 4 is 27.5 Å². The summed E-state index contributed by atoms with van der Waals surface area (Å²) in [6.07, 6.45) is 0.741. The Morgan fingerprint density at radius 1 is 0.900 bits per heavy atom. The van der Waals surface area contributed by atoms with Crippen molar-refractivity contribution in [1.29, 1.82) is 0 Å². The van der Waals surface area contributed by atoms with E-state index in [0.29, 0.717) is 18.0 Å². The van der Waals surface area contributed by atoms with Crippen molar-refractivity contribution in [3.8, 4) is 5.75 Å². The number of amides is 2. The Balaban J connectivity index is 2.01. The van der Waals surface area contributed by atoms with E-state index < -0.39 is 28.5 Å². The van der Waals surface area contributed by atoms with Crippen molar-refractivity contribution in [2.75, 3.05) is 17.5 Å².